The summed E-state index contributed by atoms with van der Waals surface area (Å²) in [5, 5.41) is 14.2. The Morgan fingerprint density at radius 1 is 0.742 bits per heavy atom. The molecule has 7 nitrogen and oxygen atoms in total. The van der Waals surface area contributed by atoms with Crippen molar-refractivity contribution in [3.05, 3.63) is 101 Å². The second kappa shape index (κ2) is 9.23. The van der Waals surface area contributed by atoms with Crippen molar-refractivity contribution in [2.24, 2.45) is 0 Å². The van der Waals surface area contributed by atoms with E-state index < -0.39 is 23.4 Å². The average Bonchev–Trinajstić information content (AvgIpc) is 2.83. The van der Waals surface area contributed by atoms with E-state index in [9.17, 15) is 19.5 Å². The minimum Gasteiger partial charge on any atom is -0.465 e. The molecule has 0 bridgehead atoms. The fourth-order valence-electron chi connectivity index (χ4n) is 3.18. The van der Waals surface area contributed by atoms with E-state index in [1.54, 1.807) is 60.7 Å². The Morgan fingerprint density at radius 2 is 1.16 bits per heavy atom. The third-order valence-corrected chi connectivity index (χ3v) is 4.74. The smallest absolute Gasteiger partial charge is 0.337 e. The Labute approximate surface area is 179 Å². The van der Waals surface area contributed by atoms with Gasteiger partial charge in [-0.1, -0.05) is 60.7 Å². The maximum atomic E-state index is 13.3. The molecule has 158 valence electrons. The van der Waals surface area contributed by atoms with Crippen molar-refractivity contribution in [2.45, 2.75) is 5.60 Å². The van der Waals surface area contributed by atoms with E-state index in [1.807, 2.05) is 0 Å². The van der Waals surface area contributed by atoms with Crippen LogP contribution in [0, 0.1) is 0 Å². The largest absolute Gasteiger partial charge is 0.465 e. The maximum absolute atomic E-state index is 13.3. The van der Waals surface area contributed by atoms with Crippen molar-refractivity contribution in [3.63, 3.8) is 0 Å². The van der Waals surface area contributed by atoms with Crippen LogP contribution in [0.5, 0.6) is 0 Å². The molecule has 0 heterocycles. The number of rotatable bonds is 6. The summed E-state index contributed by atoms with van der Waals surface area (Å²) in [6.45, 7) is 0. The lowest BCUT2D eigenvalue weighted by molar-refractivity contribution is -0.131. The lowest BCUT2D eigenvalue weighted by Gasteiger charge is -2.28. The lowest BCUT2D eigenvalue weighted by atomic mass is 9.85. The van der Waals surface area contributed by atoms with Crippen molar-refractivity contribution < 1.29 is 29.0 Å². The van der Waals surface area contributed by atoms with E-state index in [1.165, 1.54) is 32.4 Å². The van der Waals surface area contributed by atoms with Crippen LogP contribution >= 0.6 is 0 Å². The van der Waals surface area contributed by atoms with Gasteiger partial charge in [0, 0.05) is 5.69 Å². The van der Waals surface area contributed by atoms with Gasteiger partial charge in [0.2, 0.25) is 0 Å². The summed E-state index contributed by atoms with van der Waals surface area (Å²) in [5.74, 6) is -2.15. The third-order valence-electron chi connectivity index (χ3n) is 4.74. The molecule has 2 N–H and O–H groups in total. The zero-order valence-electron chi connectivity index (χ0n) is 17.0. The van der Waals surface area contributed by atoms with Crippen molar-refractivity contribution in [1.29, 1.82) is 0 Å². The average molecular weight is 419 g/mol. The Hall–Kier alpha value is -3.97. The summed E-state index contributed by atoms with van der Waals surface area (Å²) in [5.41, 5.74) is -1.09. The van der Waals surface area contributed by atoms with E-state index in [2.05, 4.69) is 5.32 Å². The maximum Gasteiger partial charge on any atom is 0.337 e. The summed E-state index contributed by atoms with van der Waals surface area (Å²) in [6, 6.07) is 20.9. The topological polar surface area (TPSA) is 102 Å². The van der Waals surface area contributed by atoms with Gasteiger partial charge >= 0.3 is 11.9 Å². The molecule has 0 aliphatic carbocycles. The predicted octanol–water partition coefficient (Wildman–Crippen LogP) is 3.13. The zero-order chi connectivity index (χ0) is 22.4. The minimum absolute atomic E-state index is 0.0451. The highest BCUT2D eigenvalue weighted by Gasteiger charge is 2.40. The number of aliphatic hydroxyl groups is 1. The van der Waals surface area contributed by atoms with E-state index >= 15 is 0 Å². The second-order valence-electron chi connectivity index (χ2n) is 6.68. The van der Waals surface area contributed by atoms with Crippen LogP contribution in [-0.2, 0) is 19.9 Å². The molecule has 0 aromatic heterocycles. The molecule has 0 saturated carbocycles. The number of ether oxygens (including phenoxy) is 2. The van der Waals surface area contributed by atoms with Crippen LogP contribution in [0.15, 0.2) is 78.9 Å². The van der Waals surface area contributed by atoms with Gasteiger partial charge in [-0.3, -0.25) is 4.79 Å². The number of carbonyl (C=O) groups is 3. The molecular formula is C24H21NO6. The van der Waals surface area contributed by atoms with Crippen LogP contribution in [0.1, 0.15) is 31.8 Å². The van der Waals surface area contributed by atoms with Crippen molar-refractivity contribution in [2.75, 3.05) is 19.5 Å². The summed E-state index contributed by atoms with van der Waals surface area (Å²) >= 11 is 0. The molecule has 0 saturated heterocycles. The molecule has 0 fully saturated rings. The standard InChI is InChI=1S/C24H21NO6/c1-30-21(26)16-13-17(22(27)31-2)15-20(14-16)25-23(28)24(29,18-9-5-3-6-10-18)19-11-7-4-8-12-19/h3-15,29H,1-2H3,(H,25,28). The molecule has 0 aliphatic rings. The Morgan fingerprint density at radius 3 is 1.55 bits per heavy atom. The summed E-state index contributed by atoms with van der Waals surface area (Å²) in [7, 11) is 2.41. The molecule has 3 aromatic rings. The third kappa shape index (κ3) is 4.46. The number of nitrogens with one attached hydrogen (secondary N) is 1. The number of methoxy groups -OCH3 is 2. The molecular weight excluding hydrogens is 398 g/mol. The van der Waals surface area contributed by atoms with Gasteiger partial charge in [-0.05, 0) is 29.3 Å². The normalized spacial score (nSPS) is 10.8. The number of amides is 1. The SMILES string of the molecule is COC(=O)c1cc(NC(=O)C(O)(c2ccccc2)c2ccccc2)cc(C(=O)OC)c1. The minimum atomic E-state index is -2.02. The number of hydrogen-bond donors (Lipinski definition) is 2. The van der Waals surface area contributed by atoms with Crippen molar-refractivity contribution in [3.8, 4) is 0 Å². The number of carbonyl (C=O) groups excluding carboxylic acids is 3. The van der Waals surface area contributed by atoms with Gasteiger partial charge in [-0.2, -0.15) is 0 Å². The number of benzene rings is 3. The molecule has 0 radical (unpaired) electrons. The fourth-order valence-corrected chi connectivity index (χ4v) is 3.18. The van der Waals surface area contributed by atoms with Gasteiger partial charge in [0.05, 0.1) is 25.3 Å². The van der Waals surface area contributed by atoms with Gasteiger partial charge in [-0.15, -0.1) is 0 Å². The van der Waals surface area contributed by atoms with Gasteiger partial charge in [-0.25, -0.2) is 9.59 Å². The highest BCUT2D eigenvalue weighted by Crippen LogP contribution is 2.31. The second-order valence-corrected chi connectivity index (χ2v) is 6.68. The molecule has 3 aromatic carbocycles. The first-order valence-corrected chi connectivity index (χ1v) is 9.36. The monoisotopic (exact) mass is 419 g/mol. The van der Waals surface area contributed by atoms with Crippen LogP contribution in [0.4, 0.5) is 5.69 Å². The molecule has 1 amide bonds. The molecule has 3 rings (SSSR count). The zero-order valence-corrected chi connectivity index (χ0v) is 17.0. The molecule has 0 aliphatic heterocycles. The number of hydrogen-bond acceptors (Lipinski definition) is 6. The molecule has 31 heavy (non-hydrogen) atoms. The highest BCUT2D eigenvalue weighted by molar-refractivity contribution is 6.03. The number of esters is 2. The predicted molar refractivity (Wildman–Crippen MR) is 114 cm³/mol. The Balaban J connectivity index is 2.06. The summed E-state index contributed by atoms with van der Waals surface area (Å²) in [4.78, 5) is 37.4. The first kappa shape index (κ1) is 21.7. The number of anilines is 1. The van der Waals surface area contributed by atoms with Crippen LogP contribution in [0.3, 0.4) is 0 Å². The summed E-state index contributed by atoms with van der Waals surface area (Å²) < 4.78 is 9.43. The van der Waals surface area contributed by atoms with Gasteiger partial charge < -0.3 is 19.9 Å². The molecule has 0 atom stereocenters. The molecule has 0 spiro atoms. The summed E-state index contributed by atoms with van der Waals surface area (Å²) in [6.07, 6.45) is 0. The quantitative estimate of drug-likeness (QED) is 0.595. The van der Waals surface area contributed by atoms with E-state index in [-0.39, 0.29) is 16.8 Å². The Bertz CT molecular complexity index is 1020. The molecule has 0 unspecified atom stereocenters. The van der Waals surface area contributed by atoms with Gasteiger partial charge in [0.1, 0.15) is 0 Å². The first-order chi connectivity index (χ1) is 14.9. The van der Waals surface area contributed by atoms with Crippen LogP contribution in [0.2, 0.25) is 0 Å². The Kier molecular flexibility index (Phi) is 6.47. The van der Waals surface area contributed by atoms with Gasteiger partial charge in [0.15, 0.2) is 5.60 Å². The van der Waals surface area contributed by atoms with Gasteiger partial charge in [0.25, 0.3) is 5.91 Å². The lowest BCUT2D eigenvalue weighted by Crippen LogP contribution is -2.41. The van der Waals surface area contributed by atoms with E-state index in [0.717, 1.165) is 0 Å². The van der Waals surface area contributed by atoms with Crippen LogP contribution < -0.4 is 5.32 Å². The molecule has 7 heteroatoms. The van der Waals surface area contributed by atoms with Crippen LogP contribution in [-0.4, -0.2) is 37.2 Å². The van der Waals surface area contributed by atoms with Crippen LogP contribution in [0.25, 0.3) is 0 Å². The highest BCUT2D eigenvalue weighted by atomic mass is 16.5. The van der Waals surface area contributed by atoms with E-state index in [4.69, 9.17) is 9.47 Å². The van der Waals surface area contributed by atoms with E-state index in [0.29, 0.717) is 11.1 Å². The first-order valence-electron chi connectivity index (χ1n) is 9.36. The van der Waals surface area contributed by atoms with Crippen molar-refractivity contribution >= 4 is 23.5 Å². The fraction of sp³-hybridized carbons (Fsp3) is 0.125. The van der Waals surface area contributed by atoms with Crippen molar-refractivity contribution in [1.82, 2.24) is 0 Å².